The fourth-order valence-electron chi connectivity index (χ4n) is 2.58. The van der Waals surface area contributed by atoms with Gasteiger partial charge in [0.1, 0.15) is 5.82 Å². The van der Waals surface area contributed by atoms with Gasteiger partial charge < -0.3 is 11.1 Å². The predicted octanol–water partition coefficient (Wildman–Crippen LogP) is 2.94. The molecule has 0 aliphatic rings. The molecule has 0 spiro atoms. The number of nitrogens with one attached hydrogen (secondary N) is 1. The molecule has 3 aromatic rings. The van der Waals surface area contributed by atoms with Crippen molar-refractivity contribution in [3.63, 3.8) is 0 Å². The fraction of sp³-hybridized carbons (Fsp3) is 0.111. The van der Waals surface area contributed by atoms with E-state index >= 15 is 0 Å². The van der Waals surface area contributed by atoms with E-state index < -0.39 is 11.7 Å². The summed E-state index contributed by atoms with van der Waals surface area (Å²) in [6.07, 6.45) is 1.75. The van der Waals surface area contributed by atoms with Gasteiger partial charge >= 0.3 is 0 Å². The second-order valence-electron chi connectivity index (χ2n) is 5.41. The topological polar surface area (TPSA) is 72.9 Å². The summed E-state index contributed by atoms with van der Waals surface area (Å²) in [5.41, 5.74) is 8.69. The van der Waals surface area contributed by atoms with E-state index in [0.717, 1.165) is 16.8 Å². The molecule has 0 saturated heterocycles. The minimum atomic E-state index is -0.777. The first-order chi connectivity index (χ1) is 11.6. The van der Waals surface area contributed by atoms with Crippen molar-refractivity contribution in [2.45, 2.75) is 6.54 Å². The van der Waals surface area contributed by atoms with Crippen molar-refractivity contribution in [3.05, 3.63) is 71.7 Å². The van der Waals surface area contributed by atoms with Crippen LogP contribution in [0.3, 0.4) is 0 Å². The van der Waals surface area contributed by atoms with Crippen molar-refractivity contribution in [1.82, 2.24) is 9.78 Å². The van der Waals surface area contributed by atoms with Crippen molar-refractivity contribution < 1.29 is 9.18 Å². The maximum atomic E-state index is 13.8. The summed E-state index contributed by atoms with van der Waals surface area (Å²) < 4.78 is 15.6. The molecule has 2 aromatic carbocycles. The number of aromatic nitrogens is 2. The van der Waals surface area contributed by atoms with Gasteiger partial charge in [0.15, 0.2) is 0 Å². The molecule has 3 rings (SSSR count). The molecule has 0 fully saturated rings. The van der Waals surface area contributed by atoms with Crippen LogP contribution in [-0.4, -0.2) is 15.7 Å². The van der Waals surface area contributed by atoms with E-state index in [2.05, 4.69) is 10.4 Å². The summed E-state index contributed by atoms with van der Waals surface area (Å²) in [7, 11) is 1.89. The Labute approximate surface area is 138 Å². The molecule has 6 heteroatoms. The fourth-order valence-corrected chi connectivity index (χ4v) is 2.58. The second-order valence-corrected chi connectivity index (χ2v) is 5.41. The molecule has 0 aliphatic heterocycles. The van der Waals surface area contributed by atoms with Gasteiger partial charge in [-0.15, -0.1) is 0 Å². The molecule has 0 atom stereocenters. The molecule has 1 aromatic heterocycles. The zero-order chi connectivity index (χ0) is 17.1. The average molecular weight is 324 g/mol. The minimum absolute atomic E-state index is 0.115. The second kappa shape index (κ2) is 6.54. The van der Waals surface area contributed by atoms with Crippen LogP contribution in [0.2, 0.25) is 0 Å². The summed E-state index contributed by atoms with van der Waals surface area (Å²) in [6.45, 7) is 0.511. The number of amides is 1. The summed E-state index contributed by atoms with van der Waals surface area (Å²) in [5.74, 6) is -1.41. The van der Waals surface area contributed by atoms with Crippen molar-refractivity contribution in [3.8, 4) is 11.3 Å². The third-order valence-electron chi connectivity index (χ3n) is 3.83. The zero-order valence-electron chi connectivity index (χ0n) is 13.2. The van der Waals surface area contributed by atoms with Crippen LogP contribution in [0.1, 0.15) is 15.9 Å². The lowest BCUT2D eigenvalue weighted by atomic mass is 10.0. The Morgan fingerprint density at radius 1 is 1.25 bits per heavy atom. The van der Waals surface area contributed by atoms with Gasteiger partial charge in [-0.2, -0.15) is 5.10 Å². The Bertz CT molecular complexity index is 888. The van der Waals surface area contributed by atoms with Crippen LogP contribution in [0.5, 0.6) is 0 Å². The highest BCUT2D eigenvalue weighted by Crippen LogP contribution is 2.24. The zero-order valence-corrected chi connectivity index (χ0v) is 13.2. The van der Waals surface area contributed by atoms with Crippen LogP contribution in [-0.2, 0) is 13.6 Å². The van der Waals surface area contributed by atoms with E-state index in [-0.39, 0.29) is 5.56 Å². The van der Waals surface area contributed by atoms with Gasteiger partial charge in [0.05, 0.1) is 11.3 Å². The standard InChI is InChI=1S/C18H17FN4O/c1-23-17(8-9-22-23)14-5-3-2-4-12(14)11-21-13-6-7-15(18(20)24)16(19)10-13/h2-10,21H,11H2,1H3,(H2,20,24). The summed E-state index contributed by atoms with van der Waals surface area (Å²) in [5, 5.41) is 7.36. The number of hydrogen-bond acceptors (Lipinski definition) is 3. The molecule has 0 saturated carbocycles. The number of nitrogens with zero attached hydrogens (tertiary/aromatic N) is 2. The smallest absolute Gasteiger partial charge is 0.251 e. The Balaban J connectivity index is 1.82. The van der Waals surface area contributed by atoms with Gasteiger partial charge in [-0.1, -0.05) is 24.3 Å². The van der Waals surface area contributed by atoms with E-state index in [1.165, 1.54) is 12.1 Å². The number of benzene rings is 2. The summed E-state index contributed by atoms with van der Waals surface area (Å²) in [6, 6.07) is 14.2. The van der Waals surface area contributed by atoms with Crippen LogP contribution < -0.4 is 11.1 Å². The molecular formula is C18H17FN4O. The van der Waals surface area contributed by atoms with Crippen molar-refractivity contribution in [1.29, 1.82) is 0 Å². The largest absolute Gasteiger partial charge is 0.381 e. The molecule has 0 aliphatic carbocycles. The molecule has 1 heterocycles. The Morgan fingerprint density at radius 3 is 2.71 bits per heavy atom. The third kappa shape index (κ3) is 3.12. The van der Waals surface area contributed by atoms with Crippen LogP contribution in [0.4, 0.5) is 10.1 Å². The number of halogens is 1. The van der Waals surface area contributed by atoms with Gasteiger partial charge in [0.2, 0.25) is 0 Å². The lowest BCUT2D eigenvalue weighted by molar-refractivity contribution is 0.0996. The molecule has 122 valence electrons. The summed E-state index contributed by atoms with van der Waals surface area (Å²) >= 11 is 0. The first-order valence-electron chi connectivity index (χ1n) is 7.46. The third-order valence-corrected chi connectivity index (χ3v) is 3.83. The molecule has 24 heavy (non-hydrogen) atoms. The first kappa shape index (κ1) is 15.7. The molecule has 0 unspecified atom stereocenters. The lowest BCUT2D eigenvalue weighted by Crippen LogP contribution is -2.13. The molecule has 5 nitrogen and oxygen atoms in total. The highest BCUT2D eigenvalue weighted by Gasteiger charge is 2.10. The minimum Gasteiger partial charge on any atom is -0.381 e. The van der Waals surface area contributed by atoms with Gasteiger partial charge in [-0.3, -0.25) is 9.48 Å². The van der Waals surface area contributed by atoms with E-state index in [0.29, 0.717) is 12.2 Å². The van der Waals surface area contributed by atoms with Gasteiger partial charge in [-0.25, -0.2) is 4.39 Å². The number of aryl methyl sites for hydroxylation is 1. The summed E-state index contributed by atoms with van der Waals surface area (Å²) in [4.78, 5) is 11.1. The lowest BCUT2D eigenvalue weighted by Gasteiger charge is -2.12. The Morgan fingerprint density at radius 2 is 2.04 bits per heavy atom. The first-order valence-corrected chi connectivity index (χ1v) is 7.46. The Kier molecular flexibility index (Phi) is 4.29. The average Bonchev–Trinajstić information content (AvgIpc) is 2.99. The molecular weight excluding hydrogens is 307 g/mol. The van der Waals surface area contributed by atoms with E-state index in [4.69, 9.17) is 5.73 Å². The molecule has 1 amide bonds. The normalized spacial score (nSPS) is 10.6. The van der Waals surface area contributed by atoms with Crippen molar-refractivity contribution in [2.75, 3.05) is 5.32 Å². The van der Waals surface area contributed by atoms with Crippen LogP contribution >= 0.6 is 0 Å². The number of carbonyl (C=O) groups is 1. The Hall–Kier alpha value is -3.15. The van der Waals surface area contributed by atoms with Gasteiger partial charge in [-0.05, 0) is 29.8 Å². The monoisotopic (exact) mass is 324 g/mol. The van der Waals surface area contributed by atoms with E-state index in [1.54, 1.807) is 16.9 Å². The van der Waals surface area contributed by atoms with E-state index in [1.807, 2.05) is 37.4 Å². The number of primary amides is 1. The SMILES string of the molecule is Cn1nccc1-c1ccccc1CNc1ccc(C(N)=O)c(F)c1. The van der Waals surface area contributed by atoms with Crippen LogP contribution in [0.25, 0.3) is 11.3 Å². The number of rotatable bonds is 5. The van der Waals surface area contributed by atoms with Gasteiger partial charge in [0.25, 0.3) is 5.91 Å². The quantitative estimate of drug-likeness (QED) is 0.758. The van der Waals surface area contributed by atoms with E-state index in [9.17, 15) is 9.18 Å². The number of nitrogens with two attached hydrogens (primary N) is 1. The highest BCUT2D eigenvalue weighted by molar-refractivity contribution is 5.93. The van der Waals surface area contributed by atoms with Crippen LogP contribution in [0.15, 0.2) is 54.7 Å². The highest BCUT2D eigenvalue weighted by atomic mass is 19.1. The molecule has 0 bridgehead atoms. The number of carbonyl (C=O) groups excluding carboxylic acids is 1. The molecule has 0 radical (unpaired) electrons. The van der Waals surface area contributed by atoms with Crippen molar-refractivity contribution >= 4 is 11.6 Å². The number of hydrogen-bond donors (Lipinski definition) is 2. The maximum Gasteiger partial charge on any atom is 0.251 e. The maximum absolute atomic E-state index is 13.8. The predicted molar refractivity (Wildman–Crippen MR) is 90.9 cm³/mol. The van der Waals surface area contributed by atoms with Crippen molar-refractivity contribution in [2.24, 2.45) is 12.8 Å². The number of anilines is 1. The van der Waals surface area contributed by atoms with Crippen LogP contribution in [0, 0.1) is 5.82 Å². The van der Waals surface area contributed by atoms with Gasteiger partial charge in [0, 0.05) is 31.0 Å². The molecule has 3 N–H and O–H groups in total.